The minimum atomic E-state index is 0.0151. The Morgan fingerprint density at radius 3 is 2.83 bits per heavy atom. The van der Waals surface area contributed by atoms with Gasteiger partial charge in [0.15, 0.2) is 12.3 Å². The summed E-state index contributed by atoms with van der Waals surface area (Å²) in [5.74, 6) is 1.19. The third-order valence-electron chi connectivity index (χ3n) is 8.04. The molecular formula is C27H29N2O+. The number of hydrogen-bond donors (Lipinski definition) is 0. The molecular weight excluding hydrogens is 368 g/mol. The summed E-state index contributed by atoms with van der Waals surface area (Å²) in [4.78, 5) is 2.62. The maximum atomic E-state index is 6.86. The minimum absolute atomic E-state index is 0.0151. The second-order valence-corrected chi connectivity index (χ2v) is 10.1. The van der Waals surface area contributed by atoms with Gasteiger partial charge >= 0.3 is 0 Å². The highest BCUT2D eigenvalue weighted by Gasteiger charge is 2.52. The van der Waals surface area contributed by atoms with E-state index in [0.29, 0.717) is 0 Å². The van der Waals surface area contributed by atoms with Crippen molar-refractivity contribution in [3.63, 3.8) is 0 Å². The lowest BCUT2D eigenvalue weighted by Gasteiger charge is -2.40. The largest absolute Gasteiger partial charge is 0.484 e. The summed E-state index contributed by atoms with van der Waals surface area (Å²) in [5.41, 5.74) is 11.6. The Hall–Kier alpha value is -2.55. The van der Waals surface area contributed by atoms with Gasteiger partial charge in [-0.1, -0.05) is 18.2 Å². The van der Waals surface area contributed by atoms with Crippen molar-refractivity contribution in [3.05, 3.63) is 58.2 Å². The van der Waals surface area contributed by atoms with Gasteiger partial charge in [-0.25, -0.2) is 0 Å². The minimum Gasteiger partial charge on any atom is -0.484 e. The topological polar surface area (TPSA) is 15.5 Å². The van der Waals surface area contributed by atoms with Crippen molar-refractivity contribution in [1.82, 2.24) is 0 Å². The van der Waals surface area contributed by atoms with Crippen molar-refractivity contribution in [2.75, 3.05) is 24.5 Å². The molecule has 3 nitrogen and oxygen atoms in total. The van der Waals surface area contributed by atoms with Crippen molar-refractivity contribution < 1.29 is 9.31 Å². The zero-order valence-corrected chi connectivity index (χ0v) is 18.0. The van der Waals surface area contributed by atoms with Crippen LogP contribution in [0.1, 0.15) is 55.4 Å². The highest BCUT2D eigenvalue weighted by atomic mass is 16.5. The van der Waals surface area contributed by atoms with E-state index in [4.69, 9.17) is 4.74 Å². The maximum Gasteiger partial charge on any atom is 0.209 e. The number of anilines is 1. The lowest BCUT2D eigenvalue weighted by Crippen LogP contribution is -2.43. The average Bonchev–Trinajstić information content (AvgIpc) is 3.01. The molecule has 0 fully saturated rings. The summed E-state index contributed by atoms with van der Waals surface area (Å²) in [6.07, 6.45) is 8.63. The van der Waals surface area contributed by atoms with Crippen LogP contribution in [0.4, 0.5) is 11.4 Å². The van der Waals surface area contributed by atoms with Gasteiger partial charge in [0.05, 0.1) is 11.0 Å². The fraction of sp³-hybridized carbons (Fsp3) is 0.444. The van der Waals surface area contributed by atoms with Crippen LogP contribution in [0.5, 0.6) is 5.75 Å². The third-order valence-corrected chi connectivity index (χ3v) is 8.04. The Balaban J connectivity index is 1.44. The number of rotatable bonds is 0. The third kappa shape index (κ3) is 2.08. The van der Waals surface area contributed by atoms with Crippen LogP contribution in [0.15, 0.2) is 35.9 Å². The van der Waals surface area contributed by atoms with Gasteiger partial charge in [-0.05, 0) is 57.2 Å². The Morgan fingerprint density at radius 1 is 1.10 bits per heavy atom. The van der Waals surface area contributed by atoms with Crippen molar-refractivity contribution in [3.8, 4) is 5.75 Å². The van der Waals surface area contributed by atoms with E-state index in [1.807, 2.05) is 0 Å². The molecule has 0 bridgehead atoms. The molecule has 7 rings (SSSR count). The van der Waals surface area contributed by atoms with Crippen LogP contribution < -0.4 is 9.64 Å². The predicted octanol–water partition coefficient (Wildman–Crippen LogP) is 5.01. The van der Waals surface area contributed by atoms with Crippen LogP contribution in [0, 0.1) is 0 Å². The van der Waals surface area contributed by atoms with Gasteiger partial charge in [0, 0.05) is 48.0 Å². The smallest absolute Gasteiger partial charge is 0.209 e. The van der Waals surface area contributed by atoms with Crippen molar-refractivity contribution in [1.29, 1.82) is 0 Å². The maximum absolute atomic E-state index is 6.86. The molecule has 1 unspecified atom stereocenters. The monoisotopic (exact) mass is 397 g/mol. The fourth-order valence-electron chi connectivity index (χ4n) is 6.82. The molecule has 152 valence electrons. The van der Waals surface area contributed by atoms with Crippen LogP contribution in [-0.4, -0.2) is 36.0 Å². The molecule has 5 aliphatic heterocycles. The van der Waals surface area contributed by atoms with Gasteiger partial charge in [-0.2, -0.15) is 4.58 Å². The van der Waals surface area contributed by atoms with E-state index in [2.05, 4.69) is 59.7 Å². The molecule has 0 spiro atoms. The molecule has 1 atom stereocenters. The first kappa shape index (κ1) is 17.2. The molecule has 2 aromatic carbocycles. The fourth-order valence-corrected chi connectivity index (χ4v) is 6.82. The summed E-state index contributed by atoms with van der Waals surface area (Å²) in [6, 6.07) is 11.4. The molecule has 0 saturated carbocycles. The second-order valence-electron chi connectivity index (χ2n) is 10.1. The Bertz CT molecular complexity index is 1170. The number of nitrogens with zero attached hydrogens (tertiary/aromatic N) is 2. The molecule has 0 aromatic heterocycles. The molecule has 0 aliphatic carbocycles. The lowest BCUT2D eigenvalue weighted by atomic mass is 9.75. The van der Waals surface area contributed by atoms with Crippen LogP contribution >= 0.6 is 0 Å². The molecule has 5 heterocycles. The predicted molar refractivity (Wildman–Crippen MR) is 122 cm³/mol. The second kappa shape index (κ2) is 5.78. The van der Waals surface area contributed by atoms with E-state index in [9.17, 15) is 0 Å². The Kier molecular flexibility index (Phi) is 3.31. The summed E-state index contributed by atoms with van der Waals surface area (Å²) < 4.78 is 9.43. The van der Waals surface area contributed by atoms with Gasteiger partial charge in [-0.3, -0.25) is 0 Å². The molecule has 2 aromatic rings. The average molecular weight is 398 g/mol. The van der Waals surface area contributed by atoms with E-state index in [0.717, 1.165) is 19.4 Å². The van der Waals surface area contributed by atoms with Crippen molar-refractivity contribution in [2.24, 2.45) is 0 Å². The van der Waals surface area contributed by atoms with E-state index in [1.165, 1.54) is 77.5 Å². The van der Waals surface area contributed by atoms with Crippen LogP contribution in [0.2, 0.25) is 0 Å². The zero-order valence-electron chi connectivity index (χ0n) is 18.0. The quantitative estimate of drug-likeness (QED) is 0.581. The first-order valence-electron chi connectivity index (χ1n) is 11.7. The van der Waals surface area contributed by atoms with Crippen molar-refractivity contribution in [2.45, 2.75) is 57.5 Å². The summed E-state index contributed by atoms with van der Waals surface area (Å²) in [7, 11) is 0. The molecule has 30 heavy (non-hydrogen) atoms. The van der Waals surface area contributed by atoms with Gasteiger partial charge in [-0.15, -0.1) is 0 Å². The Labute approximate surface area is 178 Å². The van der Waals surface area contributed by atoms with E-state index < -0.39 is 0 Å². The molecule has 0 N–H and O–H groups in total. The Morgan fingerprint density at radius 2 is 1.93 bits per heavy atom. The zero-order chi connectivity index (χ0) is 20.0. The van der Waals surface area contributed by atoms with E-state index in [-0.39, 0.29) is 11.5 Å². The summed E-state index contributed by atoms with van der Waals surface area (Å²) in [5, 5.41) is 0. The van der Waals surface area contributed by atoms with E-state index in [1.54, 1.807) is 5.56 Å². The number of hydrogen-bond acceptors (Lipinski definition) is 2. The van der Waals surface area contributed by atoms with Crippen molar-refractivity contribution >= 4 is 23.2 Å². The number of fused-ring (bicyclic) bond motifs is 6. The first-order valence-corrected chi connectivity index (χ1v) is 11.7. The highest BCUT2D eigenvalue weighted by molar-refractivity contribution is 6.11. The molecule has 5 aliphatic rings. The van der Waals surface area contributed by atoms with Gasteiger partial charge in [0.1, 0.15) is 11.9 Å². The van der Waals surface area contributed by atoms with Gasteiger partial charge < -0.3 is 9.64 Å². The molecule has 0 saturated heterocycles. The number of benzene rings is 2. The van der Waals surface area contributed by atoms with Crippen LogP contribution in [0.3, 0.4) is 0 Å². The SMILES string of the molecule is CC1(C)C2=[N+](CCC3Oc4c(cc5c6c4CCCN6CCC5)C=C23)c2ccccc21. The summed E-state index contributed by atoms with van der Waals surface area (Å²) >= 11 is 0. The molecule has 0 amide bonds. The molecule has 3 heteroatoms. The number of aryl methyl sites for hydroxylation is 1. The normalized spacial score (nSPS) is 24.8. The first-order chi connectivity index (χ1) is 14.6. The van der Waals surface area contributed by atoms with Gasteiger partial charge in [0.2, 0.25) is 5.69 Å². The van der Waals surface area contributed by atoms with Gasteiger partial charge in [0.25, 0.3) is 0 Å². The molecule has 0 radical (unpaired) electrons. The highest BCUT2D eigenvalue weighted by Crippen LogP contribution is 2.50. The van der Waals surface area contributed by atoms with Crippen LogP contribution in [-0.2, 0) is 18.3 Å². The van der Waals surface area contributed by atoms with E-state index >= 15 is 0 Å². The lowest BCUT2D eigenvalue weighted by molar-refractivity contribution is -0.444. The summed E-state index contributed by atoms with van der Waals surface area (Å²) in [6.45, 7) is 8.23. The number of ether oxygens (including phenoxy) is 1. The number of para-hydroxylation sites is 1. The standard InChI is InChI=1S/C27H29N2O/c1-27(2)21-9-3-4-10-22(21)29-14-11-23-20(26(27)29)16-18-15-17-7-5-12-28-13-6-8-19(24(17)28)25(18)30-23/h3-4,9-10,15-16,23H,5-8,11-14H2,1-2H3/q+1. The van der Waals surface area contributed by atoms with Crippen LogP contribution in [0.25, 0.3) is 6.08 Å².